The van der Waals surface area contributed by atoms with Crippen LogP contribution in [0.1, 0.15) is 26.2 Å². The van der Waals surface area contributed by atoms with Crippen LogP contribution in [0.5, 0.6) is 0 Å². The first-order chi connectivity index (χ1) is 8.99. The van der Waals surface area contributed by atoms with Crippen LogP contribution in [0, 0.1) is 11.8 Å². The highest BCUT2D eigenvalue weighted by molar-refractivity contribution is 7.98. The van der Waals surface area contributed by atoms with Crippen LogP contribution in [0.2, 0.25) is 0 Å². The van der Waals surface area contributed by atoms with Gasteiger partial charge in [0.05, 0.1) is 11.8 Å². The number of aliphatic carboxylic acids is 1. The van der Waals surface area contributed by atoms with E-state index in [1.807, 2.05) is 25.3 Å². The standard InChI is InChI=1S/C14H23NO3S/c1-10(8-9-19-3)15(2)13(16)11-6-4-5-7-12(11)14(17)18/h4-5,10-12H,6-9H2,1-3H3,(H,17,18). The first-order valence-corrected chi connectivity index (χ1v) is 8.01. The van der Waals surface area contributed by atoms with Crippen molar-refractivity contribution in [2.75, 3.05) is 19.1 Å². The second-order valence-electron chi connectivity index (χ2n) is 5.07. The summed E-state index contributed by atoms with van der Waals surface area (Å²) in [4.78, 5) is 25.4. The molecule has 0 aliphatic heterocycles. The highest BCUT2D eigenvalue weighted by atomic mass is 32.2. The van der Waals surface area contributed by atoms with Gasteiger partial charge in [0.15, 0.2) is 0 Å². The van der Waals surface area contributed by atoms with E-state index in [0.29, 0.717) is 12.8 Å². The van der Waals surface area contributed by atoms with Crippen molar-refractivity contribution in [3.63, 3.8) is 0 Å². The van der Waals surface area contributed by atoms with Gasteiger partial charge in [-0.3, -0.25) is 9.59 Å². The van der Waals surface area contributed by atoms with E-state index in [9.17, 15) is 14.7 Å². The SMILES string of the molecule is CSCCC(C)N(C)C(=O)C1CC=CCC1C(=O)O. The van der Waals surface area contributed by atoms with E-state index >= 15 is 0 Å². The molecule has 0 aromatic rings. The molecule has 1 amide bonds. The number of allylic oxidation sites excluding steroid dienone is 2. The average molecular weight is 285 g/mol. The van der Waals surface area contributed by atoms with Crippen molar-refractivity contribution in [3.8, 4) is 0 Å². The monoisotopic (exact) mass is 285 g/mol. The Hall–Kier alpha value is -0.970. The van der Waals surface area contributed by atoms with Gasteiger partial charge >= 0.3 is 5.97 Å². The van der Waals surface area contributed by atoms with E-state index in [-0.39, 0.29) is 11.9 Å². The molecule has 3 unspecified atom stereocenters. The largest absolute Gasteiger partial charge is 0.481 e. The lowest BCUT2D eigenvalue weighted by atomic mass is 9.82. The second kappa shape index (κ2) is 7.58. The summed E-state index contributed by atoms with van der Waals surface area (Å²) >= 11 is 1.76. The number of hydrogen-bond donors (Lipinski definition) is 1. The summed E-state index contributed by atoms with van der Waals surface area (Å²) in [5.74, 6) is -0.888. The zero-order valence-corrected chi connectivity index (χ0v) is 12.7. The molecule has 3 atom stereocenters. The average Bonchev–Trinajstić information content (AvgIpc) is 2.42. The highest BCUT2D eigenvalue weighted by Gasteiger charge is 2.36. The molecule has 0 spiro atoms. The van der Waals surface area contributed by atoms with E-state index < -0.39 is 17.8 Å². The van der Waals surface area contributed by atoms with Crippen LogP contribution in [0.25, 0.3) is 0 Å². The number of hydrogen-bond acceptors (Lipinski definition) is 3. The fourth-order valence-electron chi connectivity index (χ4n) is 2.32. The minimum atomic E-state index is -0.868. The van der Waals surface area contributed by atoms with Gasteiger partial charge in [0.2, 0.25) is 5.91 Å². The molecule has 0 aromatic heterocycles. The Bertz CT molecular complexity index is 357. The van der Waals surface area contributed by atoms with Crippen molar-refractivity contribution in [2.24, 2.45) is 11.8 Å². The van der Waals surface area contributed by atoms with Crippen molar-refractivity contribution in [3.05, 3.63) is 12.2 Å². The molecule has 19 heavy (non-hydrogen) atoms. The normalized spacial score (nSPS) is 23.9. The smallest absolute Gasteiger partial charge is 0.307 e. The van der Waals surface area contributed by atoms with Crippen molar-refractivity contribution in [2.45, 2.75) is 32.2 Å². The summed E-state index contributed by atoms with van der Waals surface area (Å²) in [7, 11) is 1.78. The van der Waals surface area contributed by atoms with E-state index in [0.717, 1.165) is 12.2 Å². The molecule has 1 aliphatic rings. The van der Waals surface area contributed by atoms with Crippen molar-refractivity contribution < 1.29 is 14.7 Å². The molecule has 0 heterocycles. The van der Waals surface area contributed by atoms with Crippen LogP contribution in [0.4, 0.5) is 0 Å². The first kappa shape index (κ1) is 16.1. The minimum Gasteiger partial charge on any atom is -0.481 e. The Kier molecular flexibility index (Phi) is 6.42. The van der Waals surface area contributed by atoms with Gasteiger partial charge in [-0.15, -0.1) is 0 Å². The Balaban J connectivity index is 2.69. The van der Waals surface area contributed by atoms with Crippen LogP contribution in [0.15, 0.2) is 12.2 Å². The summed E-state index contributed by atoms with van der Waals surface area (Å²) < 4.78 is 0. The van der Waals surface area contributed by atoms with Gasteiger partial charge in [-0.05, 0) is 38.2 Å². The third kappa shape index (κ3) is 4.27. The molecule has 1 rings (SSSR count). The van der Waals surface area contributed by atoms with Crippen molar-refractivity contribution >= 4 is 23.6 Å². The lowest BCUT2D eigenvalue weighted by Gasteiger charge is -2.32. The maximum absolute atomic E-state index is 12.4. The summed E-state index contributed by atoms with van der Waals surface area (Å²) in [6.45, 7) is 2.02. The molecule has 0 saturated carbocycles. The number of carbonyl (C=O) groups is 2. The number of carboxylic acid groups (broad SMARTS) is 1. The van der Waals surface area contributed by atoms with Crippen LogP contribution >= 0.6 is 11.8 Å². The summed E-state index contributed by atoms with van der Waals surface area (Å²) in [6, 6.07) is 0.153. The van der Waals surface area contributed by atoms with Gasteiger partial charge in [0.1, 0.15) is 0 Å². The summed E-state index contributed by atoms with van der Waals surface area (Å²) in [6.07, 6.45) is 7.75. The van der Waals surface area contributed by atoms with Crippen LogP contribution in [-0.2, 0) is 9.59 Å². The topological polar surface area (TPSA) is 57.6 Å². The molecule has 0 bridgehead atoms. The molecule has 108 valence electrons. The summed E-state index contributed by atoms with van der Waals surface area (Å²) in [5, 5.41) is 9.21. The van der Waals surface area contributed by atoms with Gasteiger partial charge in [0, 0.05) is 13.1 Å². The number of thioether (sulfide) groups is 1. The molecule has 0 fully saturated rings. The predicted octanol–water partition coefficient (Wildman–Crippen LogP) is 2.25. The van der Waals surface area contributed by atoms with Crippen molar-refractivity contribution in [1.29, 1.82) is 0 Å². The van der Waals surface area contributed by atoms with E-state index in [4.69, 9.17) is 0 Å². The maximum atomic E-state index is 12.4. The molecule has 0 radical (unpaired) electrons. The highest BCUT2D eigenvalue weighted by Crippen LogP contribution is 2.28. The number of amides is 1. The molecule has 5 heteroatoms. The quantitative estimate of drug-likeness (QED) is 0.761. The van der Waals surface area contributed by atoms with Crippen LogP contribution in [-0.4, -0.2) is 47.0 Å². The first-order valence-electron chi connectivity index (χ1n) is 6.62. The molecule has 1 aliphatic carbocycles. The molecule has 0 saturated heterocycles. The second-order valence-corrected chi connectivity index (χ2v) is 6.06. The van der Waals surface area contributed by atoms with Crippen LogP contribution in [0.3, 0.4) is 0 Å². The Morgan fingerprint density at radius 1 is 1.37 bits per heavy atom. The lowest BCUT2D eigenvalue weighted by Crippen LogP contribution is -2.43. The Morgan fingerprint density at radius 2 is 1.95 bits per heavy atom. The molecule has 4 nitrogen and oxygen atoms in total. The zero-order chi connectivity index (χ0) is 14.4. The third-order valence-electron chi connectivity index (χ3n) is 3.82. The van der Waals surface area contributed by atoms with E-state index in [2.05, 4.69) is 0 Å². The van der Waals surface area contributed by atoms with E-state index in [1.54, 1.807) is 23.7 Å². The van der Waals surface area contributed by atoms with Crippen LogP contribution < -0.4 is 0 Å². The fourth-order valence-corrected chi connectivity index (χ4v) is 2.90. The lowest BCUT2D eigenvalue weighted by molar-refractivity contribution is -0.150. The number of carboxylic acids is 1. The molecular formula is C14H23NO3S. The third-order valence-corrected chi connectivity index (χ3v) is 4.46. The zero-order valence-electron chi connectivity index (χ0n) is 11.8. The molecular weight excluding hydrogens is 262 g/mol. The van der Waals surface area contributed by atoms with Gasteiger partial charge in [-0.2, -0.15) is 11.8 Å². The van der Waals surface area contributed by atoms with Crippen molar-refractivity contribution in [1.82, 2.24) is 4.90 Å². The van der Waals surface area contributed by atoms with Gasteiger partial charge < -0.3 is 10.0 Å². The maximum Gasteiger partial charge on any atom is 0.307 e. The molecule has 0 aromatic carbocycles. The Labute approximate surface area is 119 Å². The number of carbonyl (C=O) groups excluding carboxylic acids is 1. The predicted molar refractivity (Wildman–Crippen MR) is 78.2 cm³/mol. The number of nitrogens with zero attached hydrogens (tertiary/aromatic N) is 1. The van der Waals surface area contributed by atoms with E-state index in [1.165, 1.54) is 0 Å². The molecule has 1 N–H and O–H groups in total. The van der Waals surface area contributed by atoms with Gasteiger partial charge in [-0.25, -0.2) is 0 Å². The number of rotatable bonds is 6. The van der Waals surface area contributed by atoms with Gasteiger partial charge in [0.25, 0.3) is 0 Å². The summed E-state index contributed by atoms with van der Waals surface area (Å²) in [5.41, 5.74) is 0. The fraction of sp³-hybridized carbons (Fsp3) is 0.714. The Morgan fingerprint density at radius 3 is 2.47 bits per heavy atom. The minimum absolute atomic E-state index is 0.0367. The van der Waals surface area contributed by atoms with Gasteiger partial charge in [-0.1, -0.05) is 12.2 Å².